The molecule has 3 rings (SSSR count). The number of benzene rings is 2. The van der Waals surface area contributed by atoms with Gasteiger partial charge in [-0.05, 0) is 53.2 Å². The summed E-state index contributed by atoms with van der Waals surface area (Å²) in [4.78, 5) is 27.2. The summed E-state index contributed by atoms with van der Waals surface area (Å²) >= 11 is 13.4. The summed E-state index contributed by atoms with van der Waals surface area (Å²) in [5.41, 5.74) is 1.66. The Morgan fingerprint density at radius 2 is 2.07 bits per heavy atom. The van der Waals surface area contributed by atoms with E-state index >= 15 is 0 Å². The first-order chi connectivity index (χ1) is 12.9. The third kappa shape index (κ3) is 5.35. The summed E-state index contributed by atoms with van der Waals surface area (Å²) in [6, 6.07) is 12.6. The Bertz CT molecular complexity index is 973. The second-order valence-electron chi connectivity index (χ2n) is 5.62. The minimum Gasteiger partial charge on any atom is -0.487 e. The number of halogens is 2. The van der Waals surface area contributed by atoms with Gasteiger partial charge in [-0.2, -0.15) is 4.99 Å². The molecular formula is C19H14Cl2N2O3S. The van der Waals surface area contributed by atoms with E-state index in [1.807, 2.05) is 18.2 Å². The number of hydrogen-bond donors (Lipinski definition) is 1. The van der Waals surface area contributed by atoms with E-state index in [-0.39, 0.29) is 11.1 Å². The molecule has 2 aromatic rings. The van der Waals surface area contributed by atoms with E-state index in [1.165, 1.54) is 6.92 Å². The number of amides is 2. The van der Waals surface area contributed by atoms with E-state index in [0.717, 1.165) is 22.9 Å². The molecule has 1 heterocycles. The van der Waals surface area contributed by atoms with Gasteiger partial charge in [0.25, 0.3) is 5.91 Å². The lowest BCUT2D eigenvalue weighted by atomic mass is 10.2. The third-order valence-electron chi connectivity index (χ3n) is 3.44. The van der Waals surface area contributed by atoms with E-state index in [2.05, 4.69) is 10.3 Å². The fourth-order valence-corrected chi connectivity index (χ4v) is 3.59. The number of thioether (sulfide) groups is 1. The minimum atomic E-state index is -0.402. The maximum atomic E-state index is 11.9. The van der Waals surface area contributed by atoms with E-state index in [0.29, 0.717) is 27.3 Å². The quantitative estimate of drug-likeness (QED) is 0.729. The molecule has 0 saturated carbocycles. The number of aliphatic imine (C=N–C) groups is 1. The zero-order valence-corrected chi connectivity index (χ0v) is 16.5. The molecule has 138 valence electrons. The van der Waals surface area contributed by atoms with Crippen molar-refractivity contribution in [2.75, 3.05) is 0 Å². The van der Waals surface area contributed by atoms with Crippen molar-refractivity contribution in [1.82, 2.24) is 5.32 Å². The monoisotopic (exact) mass is 420 g/mol. The number of rotatable bonds is 4. The molecular weight excluding hydrogens is 407 g/mol. The molecule has 0 bridgehead atoms. The summed E-state index contributed by atoms with van der Waals surface area (Å²) in [5, 5.41) is 3.83. The van der Waals surface area contributed by atoms with Crippen LogP contribution in [0.3, 0.4) is 0 Å². The third-order valence-corrected chi connectivity index (χ3v) is 4.87. The number of carbonyl (C=O) groups excluding carboxylic acids is 2. The van der Waals surface area contributed by atoms with Crippen LogP contribution in [-0.2, 0) is 16.2 Å². The molecule has 0 aromatic heterocycles. The lowest BCUT2D eigenvalue weighted by Gasteiger charge is -2.09. The van der Waals surface area contributed by atoms with Gasteiger partial charge in [-0.3, -0.25) is 9.59 Å². The van der Waals surface area contributed by atoms with Gasteiger partial charge in [-0.25, -0.2) is 0 Å². The predicted octanol–water partition coefficient (Wildman–Crippen LogP) is 4.68. The number of carbonyl (C=O) groups is 2. The molecule has 27 heavy (non-hydrogen) atoms. The SMILES string of the molecule is CC(=O)NC1=NC(=O)C(=Cc2ccc(OCc3cccc(Cl)c3)c(Cl)c2)S1. The van der Waals surface area contributed by atoms with E-state index in [1.54, 1.807) is 30.3 Å². The molecule has 0 unspecified atom stereocenters. The van der Waals surface area contributed by atoms with Crippen LogP contribution in [0.1, 0.15) is 18.1 Å². The average molecular weight is 421 g/mol. The molecule has 1 aliphatic rings. The van der Waals surface area contributed by atoms with Gasteiger partial charge in [-0.15, -0.1) is 0 Å². The van der Waals surface area contributed by atoms with E-state index in [9.17, 15) is 9.59 Å². The van der Waals surface area contributed by atoms with Crippen LogP contribution in [0.5, 0.6) is 5.75 Å². The predicted molar refractivity (Wildman–Crippen MR) is 109 cm³/mol. The first-order valence-corrected chi connectivity index (χ1v) is 9.45. The highest BCUT2D eigenvalue weighted by atomic mass is 35.5. The van der Waals surface area contributed by atoms with Gasteiger partial charge < -0.3 is 10.1 Å². The molecule has 0 aliphatic carbocycles. The summed E-state index contributed by atoms with van der Waals surface area (Å²) < 4.78 is 5.73. The molecule has 0 radical (unpaired) electrons. The minimum absolute atomic E-state index is 0.270. The van der Waals surface area contributed by atoms with Crippen LogP contribution in [0.25, 0.3) is 6.08 Å². The molecule has 0 saturated heterocycles. The molecule has 5 nitrogen and oxygen atoms in total. The van der Waals surface area contributed by atoms with Crippen molar-refractivity contribution < 1.29 is 14.3 Å². The Hall–Kier alpha value is -2.28. The molecule has 1 aliphatic heterocycles. The average Bonchev–Trinajstić information content (AvgIpc) is 2.92. The van der Waals surface area contributed by atoms with Crippen molar-refractivity contribution in [2.24, 2.45) is 4.99 Å². The largest absolute Gasteiger partial charge is 0.487 e. The topological polar surface area (TPSA) is 67.8 Å². The smallest absolute Gasteiger partial charge is 0.286 e. The van der Waals surface area contributed by atoms with Crippen molar-refractivity contribution >= 4 is 58.0 Å². The number of nitrogens with zero attached hydrogens (tertiary/aromatic N) is 1. The Morgan fingerprint density at radius 1 is 1.26 bits per heavy atom. The zero-order chi connectivity index (χ0) is 19.4. The van der Waals surface area contributed by atoms with Gasteiger partial charge in [0.05, 0.1) is 9.93 Å². The molecule has 2 amide bonds. The Balaban J connectivity index is 1.68. The Morgan fingerprint density at radius 3 is 2.78 bits per heavy atom. The highest BCUT2D eigenvalue weighted by Gasteiger charge is 2.22. The van der Waals surface area contributed by atoms with Crippen molar-refractivity contribution in [3.63, 3.8) is 0 Å². The number of nitrogens with one attached hydrogen (secondary N) is 1. The van der Waals surface area contributed by atoms with E-state index < -0.39 is 5.91 Å². The van der Waals surface area contributed by atoms with Crippen molar-refractivity contribution in [3.05, 3.63) is 68.5 Å². The van der Waals surface area contributed by atoms with Crippen LogP contribution in [0.2, 0.25) is 10.0 Å². The Labute approximate surface area is 170 Å². The molecule has 0 fully saturated rings. The van der Waals surface area contributed by atoms with Crippen LogP contribution >= 0.6 is 35.0 Å². The normalized spacial score (nSPS) is 15.0. The molecule has 1 N–H and O–H groups in total. The molecule has 0 spiro atoms. The van der Waals surface area contributed by atoms with Crippen molar-refractivity contribution in [2.45, 2.75) is 13.5 Å². The standard InChI is InChI=1S/C19H14Cl2N2O3S/c1-11(24)22-19-23-18(25)17(27-19)9-12-5-6-16(15(21)8-12)26-10-13-3-2-4-14(20)7-13/h2-9H,10H2,1H3,(H,22,23,24,25). The molecule has 2 aromatic carbocycles. The van der Waals surface area contributed by atoms with Crippen LogP contribution in [0, 0.1) is 0 Å². The van der Waals surface area contributed by atoms with Gasteiger partial charge in [0, 0.05) is 11.9 Å². The highest BCUT2D eigenvalue weighted by molar-refractivity contribution is 8.18. The second kappa shape index (κ2) is 8.61. The fourth-order valence-electron chi connectivity index (χ4n) is 2.28. The first-order valence-electron chi connectivity index (χ1n) is 7.87. The van der Waals surface area contributed by atoms with Crippen LogP contribution in [0.4, 0.5) is 0 Å². The maximum absolute atomic E-state index is 11.9. The van der Waals surface area contributed by atoms with E-state index in [4.69, 9.17) is 27.9 Å². The molecule has 0 atom stereocenters. The van der Waals surface area contributed by atoms with Crippen LogP contribution in [-0.4, -0.2) is 17.0 Å². The zero-order valence-electron chi connectivity index (χ0n) is 14.2. The number of hydrogen-bond acceptors (Lipinski definition) is 4. The fraction of sp³-hybridized carbons (Fsp3) is 0.105. The maximum Gasteiger partial charge on any atom is 0.286 e. The van der Waals surface area contributed by atoms with Gasteiger partial charge >= 0.3 is 0 Å². The van der Waals surface area contributed by atoms with Crippen LogP contribution < -0.4 is 10.1 Å². The van der Waals surface area contributed by atoms with Crippen LogP contribution in [0.15, 0.2) is 52.4 Å². The summed E-state index contributed by atoms with van der Waals surface area (Å²) in [6.45, 7) is 1.69. The first kappa shape index (κ1) is 19.5. The lowest BCUT2D eigenvalue weighted by Crippen LogP contribution is -2.23. The highest BCUT2D eigenvalue weighted by Crippen LogP contribution is 2.31. The summed E-state index contributed by atoms with van der Waals surface area (Å²) in [6.07, 6.45) is 1.66. The Kier molecular flexibility index (Phi) is 6.21. The molecule has 8 heteroatoms. The number of ether oxygens (including phenoxy) is 1. The van der Waals surface area contributed by atoms with Gasteiger partial charge in [0.2, 0.25) is 5.91 Å². The lowest BCUT2D eigenvalue weighted by molar-refractivity contribution is -0.117. The van der Waals surface area contributed by atoms with Crippen molar-refractivity contribution in [1.29, 1.82) is 0 Å². The van der Waals surface area contributed by atoms with Crippen molar-refractivity contribution in [3.8, 4) is 5.75 Å². The van der Waals surface area contributed by atoms with Gasteiger partial charge in [0.15, 0.2) is 5.17 Å². The summed E-state index contributed by atoms with van der Waals surface area (Å²) in [5.74, 6) is -0.153. The summed E-state index contributed by atoms with van der Waals surface area (Å²) in [7, 11) is 0. The van der Waals surface area contributed by atoms with Gasteiger partial charge in [0.1, 0.15) is 12.4 Å². The second-order valence-corrected chi connectivity index (χ2v) is 7.50. The number of amidine groups is 1. The van der Waals surface area contributed by atoms with Gasteiger partial charge in [-0.1, -0.05) is 41.4 Å².